The van der Waals surface area contributed by atoms with Crippen LogP contribution in [0.3, 0.4) is 0 Å². The maximum Gasteiger partial charge on any atom is 0.439 e. The van der Waals surface area contributed by atoms with Crippen LogP contribution in [0.1, 0.15) is 34.6 Å². The molecule has 4 aromatic heterocycles. The average molecular weight is 645 g/mol. The fourth-order valence-corrected chi connectivity index (χ4v) is 5.70. The Hall–Kier alpha value is -4.34. The summed E-state index contributed by atoms with van der Waals surface area (Å²) in [6, 6.07) is 6.84. The summed E-state index contributed by atoms with van der Waals surface area (Å²) in [5.41, 5.74) is 2.05. The van der Waals surface area contributed by atoms with Gasteiger partial charge in [0.2, 0.25) is 5.82 Å². The van der Waals surface area contributed by atoms with Crippen molar-refractivity contribution in [1.82, 2.24) is 34.6 Å². The number of hydrogen-bond donors (Lipinski definition) is 2. The first kappa shape index (κ1) is 29.4. The summed E-state index contributed by atoms with van der Waals surface area (Å²) in [7, 11) is 0. The number of alkyl halides is 3. The van der Waals surface area contributed by atoms with Crippen molar-refractivity contribution in [3.63, 3.8) is 0 Å². The van der Waals surface area contributed by atoms with Crippen molar-refractivity contribution in [2.75, 3.05) is 18.5 Å². The number of aromatic nitrogens is 6. The molecule has 5 aromatic rings. The number of halogens is 5. The molecule has 0 unspecified atom stereocenters. The van der Waals surface area contributed by atoms with Gasteiger partial charge in [-0.05, 0) is 42.7 Å². The highest BCUT2D eigenvalue weighted by molar-refractivity contribution is 6.30. The molecule has 0 saturated carbocycles. The summed E-state index contributed by atoms with van der Waals surface area (Å²) in [5.74, 6) is -0.784. The highest BCUT2D eigenvalue weighted by Gasteiger charge is 2.36. The van der Waals surface area contributed by atoms with Gasteiger partial charge in [-0.25, -0.2) is 19.2 Å². The SMILES string of the molecule is O=c1[nH]c(-c2cc3nc(CN4CCc5cc(C(F)(F)F)c(NCc6ccc(Cl)cc6F)nc5C4)n(C[C@@H]4CCO4)c3cn2)no1. The molecule has 1 atom stereocenters. The number of benzene rings is 1. The number of pyridine rings is 2. The average Bonchev–Trinajstić information content (AvgIpc) is 3.55. The van der Waals surface area contributed by atoms with Crippen LogP contribution in [-0.2, 0) is 43.5 Å². The standard InChI is InChI=1S/C29H25ClF4N8O3/c30-17-2-1-16(20(31)8-17)10-36-26-19(29(32,33)34)7-15-3-5-41(13-23(15)38-26)14-25-37-21-9-22(27-39-28(43)45-40-27)35-11-24(21)42(25)12-18-4-6-44-18/h1-2,7-9,11,18H,3-6,10,12-14H2,(H,36,38)(H,39,40,43)/t18-/m0/s1. The van der Waals surface area contributed by atoms with Crippen molar-refractivity contribution in [1.29, 1.82) is 0 Å². The maximum atomic E-state index is 14.3. The normalized spacial score (nSPS) is 17.0. The van der Waals surface area contributed by atoms with E-state index in [1.165, 1.54) is 12.1 Å². The molecule has 1 aromatic carbocycles. The summed E-state index contributed by atoms with van der Waals surface area (Å²) in [6.07, 6.45) is -1.71. The van der Waals surface area contributed by atoms with Crippen LogP contribution in [0.4, 0.5) is 23.4 Å². The summed E-state index contributed by atoms with van der Waals surface area (Å²) < 4.78 is 68.7. The van der Waals surface area contributed by atoms with Gasteiger partial charge in [0, 0.05) is 36.8 Å². The fourth-order valence-electron chi connectivity index (χ4n) is 5.55. The number of ether oxygens (including phenoxy) is 1. The Balaban J connectivity index is 1.16. The number of aromatic amines is 1. The molecule has 0 spiro atoms. The Morgan fingerprint density at radius 2 is 2.02 bits per heavy atom. The number of nitrogens with one attached hydrogen (secondary N) is 2. The lowest BCUT2D eigenvalue weighted by Crippen LogP contribution is -2.34. The van der Waals surface area contributed by atoms with E-state index in [1.807, 2.05) is 4.57 Å². The second-order valence-corrected chi connectivity index (χ2v) is 11.4. The van der Waals surface area contributed by atoms with Gasteiger partial charge in [0.25, 0.3) is 0 Å². The van der Waals surface area contributed by atoms with Gasteiger partial charge in [0.1, 0.15) is 23.2 Å². The molecule has 0 aliphatic carbocycles. The third kappa shape index (κ3) is 6.02. The molecule has 1 saturated heterocycles. The topological polar surface area (TPSA) is 127 Å². The van der Waals surface area contributed by atoms with Crippen LogP contribution in [0.15, 0.2) is 45.8 Å². The monoisotopic (exact) mass is 644 g/mol. The molecule has 45 heavy (non-hydrogen) atoms. The van der Waals surface area contributed by atoms with Gasteiger partial charge >= 0.3 is 11.9 Å². The molecule has 16 heteroatoms. The molecule has 0 amide bonds. The van der Waals surface area contributed by atoms with Gasteiger partial charge in [0.15, 0.2) is 0 Å². The van der Waals surface area contributed by atoms with E-state index in [4.69, 9.17) is 21.3 Å². The lowest BCUT2D eigenvalue weighted by molar-refractivity contribution is -0.137. The third-order valence-corrected chi connectivity index (χ3v) is 8.20. The van der Waals surface area contributed by atoms with Gasteiger partial charge in [-0.2, -0.15) is 13.2 Å². The van der Waals surface area contributed by atoms with Crippen LogP contribution in [0.2, 0.25) is 5.02 Å². The number of hydrogen-bond acceptors (Lipinski definition) is 9. The van der Waals surface area contributed by atoms with Crippen LogP contribution >= 0.6 is 11.6 Å². The first-order valence-corrected chi connectivity index (χ1v) is 14.5. The van der Waals surface area contributed by atoms with E-state index in [2.05, 4.69) is 34.8 Å². The number of nitrogens with zero attached hydrogens (tertiary/aromatic N) is 6. The van der Waals surface area contributed by atoms with Crippen LogP contribution in [0.25, 0.3) is 22.6 Å². The van der Waals surface area contributed by atoms with Crippen LogP contribution < -0.4 is 11.1 Å². The molecule has 2 N–H and O–H groups in total. The highest BCUT2D eigenvalue weighted by atomic mass is 35.5. The predicted molar refractivity (Wildman–Crippen MR) is 154 cm³/mol. The molecule has 11 nitrogen and oxygen atoms in total. The van der Waals surface area contributed by atoms with Crippen LogP contribution in [0.5, 0.6) is 0 Å². The number of rotatable bonds is 8. The van der Waals surface area contributed by atoms with Gasteiger partial charge in [-0.15, -0.1) is 0 Å². The van der Waals surface area contributed by atoms with Crippen LogP contribution in [-0.4, -0.2) is 53.8 Å². The van der Waals surface area contributed by atoms with E-state index < -0.39 is 23.3 Å². The minimum absolute atomic E-state index is 0.0244. The zero-order valence-electron chi connectivity index (χ0n) is 23.5. The van der Waals surface area contributed by atoms with E-state index in [9.17, 15) is 22.4 Å². The number of H-pyrrole nitrogens is 1. The molecule has 1 fully saturated rings. The highest BCUT2D eigenvalue weighted by Crippen LogP contribution is 2.37. The lowest BCUT2D eigenvalue weighted by Gasteiger charge is -2.30. The minimum atomic E-state index is -4.65. The Labute approximate surface area is 257 Å². The molecular formula is C29H25ClF4N8O3. The number of anilines is 1. The summed E-state index contributed by atoms with van der Waals surface area (Å²) >= 11 is 5.81. The first-order valence-electron chi connectivity index (χ1n) is 14.1. The predicted octanol–water partition coefficient (Wildman–Crippen LogP) is 4.94. The zero-order valence-corrected chi connectivity index (χ0v) is 24.3. The van der Waals surface area contributed by atoms with E-state index >= 15 is 0 Å². The Morgan fingerprint density at radius 3 is 2.73 bits per heavy atom. The number of fused-ring (bicyclic) bond motifs is 2. The largest absolute Gasteiger partial charge is 0.439 e. The van der Waals surface area contributed by atoms with E-state index in [1.54, 1.807) is 12.3 Å². The van der Waals surface area contributed by atoms with E-state index in [0.717, 1.165) is 29.9 Å². The van der Waals surface area contributed by atoms with Crippen molar-refractivity contribution in [2.24, 2.45) is 0 Å². The molecule has 234 valence electrons. The smallest absolute Gasteiger partial charge is 0.376 e. The molecule has 6 heterocycles. The van der Waals surface area contributed by atoms with Gasteiger partial charge < -0.3 is 14.6 Å². The zero-order chi connectivity index (χ0) is 31.3. The molecule has 0 radical (unpaired) electrons. The Morgan fingerprint density at radius 1 is 1.18 bits per heavy atom. The van der Waals surface area contributed by atoms with E-state index in [0.29, 0.717) is 55.1 Å². The van der Waals surface area contributed by atoms with Crippen molar-refractivity contribution in [2.45, 2.75) is 51.3 Å². The van der Waals surface area contributed by atoms with Crippen molar-refractivity contribution >= 4 is 28.5 Å². The van der Waals surface area contributed by atoms with Crippen LogP contribution in [0, 0.1) is 5.82 Å². The van der Waals surface area contributed by atoms with Gasteiger partial charge in [-0.3, -0.25) is 19.4 Å². The Bertz CT molecular complexity index is 1950. The fraction of sp³-hybridized carbons (Fsp3) is 0.345. The first-order chi connectivity index (χ1) is 21.6. The van der Waals surface area contributed by atoms with Crippen molar-refractivity contribution in [3.05, 3.63) is 86.1 Å². The quantitative estimate of drug-likeness (QED) is 0.226. The molecule has 2 aliphatic rings. The van der Waals surface area contributed by atoms with Crippen molar-refractivity contribution in [3.8, 4) is 11.5 Å². The van der Waals surface area contributed by atoms with Gasteiger partial charge in [0.05, 0.1) is 47.7 Å². The summed E-state index contributed by atoms with van der Waals surface area (Å²) in [6.45, 7) is 2.20. The minimum Gasteiger partial charge on any atom is -0.376 e. The van der Waals surface area contributed by atoms with Gasteiger partial charge in [-0.1, -0.05) is 22.8 Å². The Kier molecular flexibility index (Phi) is 7.54. The molecule has 7 rings (SSSR count). The summed E-state index contributed by atoms with van der Waals surface area (Å²) in [4.78, 5) is 29.7. The second-order valence-electron chi connectivity index (χ2n) is 11.0. The second kappa shape index (κ2) is 11.5. The van der Waals surface area contributed by atoms with Crippen molar-refractivity contribution < 1.29 is 26.8 Å². The van der Waals surface area contributed by atoms with E-state index in [-0.39, 0.29) is 41.4 Å². The lowest BCUT2D eigenvalue weighted by atomic mass is 10.0. The number of imidazole rings is 1. The molecule has 2 aliphatic heterocycles. The molecular weight excluding hydrogens is 620 g/mol. The molecule has 0 bridgehead atoms. The third-order valence-electron chi connectivity index (χ3n) is 7.97. The maximum absolute atomic E-state index is 14.3. The summed E-state index contributed by atoms with van der Waals surface area (Å²) in [5, 5.41) is 6.58.